The van der Waals surface area contributed by atoms with Gasteiger partial charge in [-0.3, -0.25) is 9.59 Å². The van der Waals surface area contributed by atoms with Gasteiger partial charge in [-0.2, -0.15) is 5.26 Å². The molecule has 254 valence electrons. The summed E-state index contributed by atoms with van der Waals surface area (Å²) in [7, 11) is 1.32. The molecule has 1 fully saturated rings. The first-order valence-corrected chi connectivity index (χ1v) is 15.7. The fraction of sp³-hybridized carbons (Fsp3) is 0.371. The van der Waals surface area contributed by atoms with Crippen LogP contribution in [0.1, 0.15) is 68.4 Å². The van der Waals surface area contributed by atoms with Crippen LogP contribution in [-0.2, 0) is 24.5 Å². The number of anilines is 1. The number of rotatable bonds is 9. The number of nitrogens with one attached hydrogen (secondary N) is 2. The average Bonchev–Trinajstić information content (AvgIpc) is 3.31. The number of nitrogens with zero attached hydrogens (tertiary/aromatic N) is 1. The van der Waals surface area contributed by atoms with Crippen LogP contribution in [0.3, 0.4) is 0 Å². The molecule has 0 aliphatic carbocycles. The molecular formula is C35H35Cl2F2N3O6. The number of nitriles is 1. The number of hydrogen-bond acceptors (Lipinski definition) is 8. The Balaban J connectivity index is 1.82. The first-order valence-electron chi connectivity index (χ1n) is 15.0. The molecule has 0 spiro atoms. The van der Waals surface area contributed by atoms with Gasteiger partial charge in [-0.15, -0.1) is 0 Å². The van der Waals surface area contributed by atoms with E-state index in [4.69, 9.17) is 37.4 Å². The molecule has 0 saturated carbocycles. The number of amides is 1. The van der Waals surface area contributed by atoms with Crippen LogP contribution in [0.5, 0.6) is 5.75 Å². The number of ether oxygens (including phenoxy) is 3. The molecule has 48 heavy (non-hydrogen) atoms. The van der Waals surface area contributed by atoms with Crippen molar-refractivity contribution in [2.24, 2.45) is 5.41 Å². The molecule has 3 aromatic rings. The minimum absolute atomic E-state index is 0.0358. The second kappa shape index (κ2) is 14.5. The number of carbonyl (C=O) groups excluding carboxylic acids is 3. The zero-order valence-corrected chi connectivity index (χ0v) is 28.6. The number of benzene rings is 3. The van der Waals surface area contributed by atoms with Crippen LogP contribution >= 0.6 is 23.2 Å². The van der Waals surface area contributed by atoms with Crippen LogP contribution in [0.25, 0.3) is 0 Å². The highest BCUT2D eigenvalue weighted by Crippen LogP contribution is 2.53. The number of esters is 2. The predicted molar refractivity (Wildman–Crippen MR) is 176 cm³/mol. The normalized spacial score (nSPS) is 21.1. The van der Waals surface area contributed by atoms with E-state index in [1.807, 2.05) is 20.8 Å². The Labute approximate surface area is 287 Å². The molecule has 0 radical (unpaired) electrons. The Morgan fingerprint density at radius 2 is 1.79 bits per heavy atom. The minimum atomic E-state index is -1.81. The molecule has 1 saturated heterocycles. The van der Waals surface area contributed by atoms with E-state index in [-0.39, 0.29) is 44.6 Å². The highest BCUT2D eigenvalue weighted by molar-refractivity contribution is 6.31. The number of hydrogen-bond donors (Lipinski definition) is 2. The van der Waals surface area contributed by atoms with Crippen LogP contribution in [-0.4, -0.2) is 43.3 Å². The van der Waals surface area contributed by atoms with E-state index in [2.05, 4.69) is 16.7 Å². The summed E-state index contributed by atoms with van der Waals surface area (Å²) in [4.78, 5) is 38.1. The third-order valence-corrected chi connectivity index (χ3v) is 8.56. The van der Waals surface area contributed by atoms with Crippen molar-refractivity contribution in [3.05, 3.63) is 93.0 Å². The predicted octanol–water partition coefficient (Wildman–Crippen LogP) is 7.31. The molecule has 5 atom stereocenters. The lowest BCUT2D eigenvalue weighted by atomic mass is 9.62. The number of halogens is 4. The van der Waals surface area contributed by atoms with Crippen molar-refractivity contribution in [3.8, 4) is 11.8 Å². The highest BCUT2D eigenvalue weighted by atomic mass is 35.5. The Morgan fingerprint density at radius 3 is 2.40 bits per heavy atom. The molecule has 1 heterocycles. The summed E-state index contributed by atoms with van der Waals surface area (Å²) >= 11 is 12.3. The summed E-state index contributed by atoms with van der Waals surface area (Å²) in [5.74, 6) is -4.99. The van der Waals surface area contributed by atoms with Gasteiger partial charge in [-0.05, 0) is 53.8 Å². The van der Waals surface area contributed by atoms with E-state index in [1.54, 1.807) is 0 Å². The lowest BCUT2D eigenvalue weighted by molar-refractivity contribution is -0.162. The van der Waals surface area contributed by atoms with Crippen molar-refractivity contribution in [1.29, 1.82) is 5.26 Å². The Hall–Kier alpha value is -4.24. The molecule has 1 aliphatic rings. The lowest BCUT2D eigenvalue weighted by Crippen LogP contribution is -2.45. The van der Waals surface area contributed by atoms with Gasteiger partial charge in [-0.25, -0.2) is 13.6 Å². The van der Waals surface area contributed by atoms with E-state index >= 15 is 8.78 Å². The van der Waals surface area contributed by atoms with E-state index in [1.165, 1.54) is 69.5 Å². The molecule has 9 nitrogen and oxygen atoms in total. The third kappa shape index (κ3) is 7.57. The van der Waals surface area contributed by atoms with Crippen LogP contribution in [0, 0.1) is 28.4 Å². The van der Waals surface area contributed by atoms with E-state index < -0.39 is 64.6 Å². The molecule has 1 amide bonds. The van der Waals surface area contributed by atoms with Gasteiger partial charge in [0.15, 0.2) is 0 Å². The molecule has 0 aromatic heterocycles. The zero-order valence-electron chi connectivity index (χ0n) is 27.1. The summed E-state index contributed by atoms with van der Waals surface area (Å²) in [5, 5.41) is 16.9. The summed E-state index contributed by atoms with van der Waals surface area (Å²) in [6.07, 6.45) is -0.860. The van der Waals surface area contributed by atoms with Gasteiger partial charge in [0.05, 0.1) is 35.5 Å². The van der Waals surface area contributed by atoms with Gasteiger partial charge in [0.25, 0.3) is 0 Å². The van der Waals surface area contributed by atoms with Crippen molar-refractivity contribution in [2.45, 2.75) is 70.7 Å². The maximum absolute atomic E-state index is 15.9. The molecule has 3 aromatic carbocycles. The fourth-order valence-electron chi connectivity index (χ4n) is 6.17. The summed E-state index contributed by atoms with van der Waals surface area (Å²) in [6, 6.07) is 12.4. The Kier molecular flexibility index (Phi) is 11.0. The van der Waals surface area contributed by atoms with Crippen molar-refractivity contribution < 1.29 is 37.4 Å². The van der Waals surface area contributed by atoms with Crippen LogP contribution in [0.4, 0.5) is 14.5 Å². The molecule has 2 N–H and O–H groups in total. The van der Waals surface area contributed by atoms with Gasteiger partial charge in [0, 0.05) is 36.4 Å². The van der Waals surface area contributed by atoms with Crippen LogP contribution < -0.4 is 15.4 Å². The van der Waals surface area contributed by atoms with Crippen molar-refractivity contribution in [2.75, 3.05) is 12.4 Å². The average molecular weight is 703 g/mol. The monoisotopic (exact) mass is 701 g/mol. The van der Waals surface area contributed by atoms with Crippen molar-refractivity contribution in [1.82, 2.24) is 5.32 Å². The molecule has 13 heteroatoms. The maximum atomic E-state index is 15.9. The number of carbonyl (C=O) groups is 3. The van der Waals surface area contributed by atoms with Gasteiger partial charge in [0.1, 0.15) is 22.8 Å². The SMILES string of the molecule is COc1cc(C(=O)OC(C)OC(C)=O)ccc1NC(=O)C1NC(CC(C)(C)C)C(C#N)(c2ccc(Cl)cc2F)C1c1cccc(Cl)c1F. The first-order chi connectivity index (χ1) is 22.5. The molecule has 0 bridgehead atoms. The van der Waals surface area contributed by atoms with Crippen LogP contribution in [0.15, 0.2) is 54.6 Å². The summed E-state index contributed by atoms with van der Waals surface area (Å²) < 4.78 is 47.2. The molecular weight excluding hydrogens is 667 g/mol. The third-order valence-electron chi connectivity index (χ3n) is 8.03. The van der Waals surface area contributed by atoms with E-state index in [0.717, 1.165) is 6.07 Å². The largest absolute Gasteiger partial charge is 0.495 e. The van der Waals surface area contributed by atoms with E-state index in [9.17, 15) is 19.6 Å². The van der Waals surface area contributed by atoms with E-state index in [0.29, 0.717) is 0 Å². The molecule has 4 rings (SSSR count). The highest BCUT2D eigenvalue weighted by Gasteiger charge is 2.61. The first kappa shape index (κ1) is 36.6. The standard InChI is InChI=1S/C35H35Cl2F2N3O6/c1-18(43)47-19(2)48-33(45)20-10-13-26(27(14-20)46-6)41-32(44)31-29(22-8-7-9-24(37)30(22)39)35(17-40,28(42-31)16-34(3,4)5)23-12-11-21(36)15-25(23)38/h7-15,19,28-29,31,42H,16H2,1-6H3,(H,41,44). The Bertz CT molecular complexity index is 1780. The molecule has 5 unspecified atom stereocenters. The zero-order chi connectivity index (χ0) is 35.6. The Morgan fingerprint density at radius 1 is 1.08 bits per heavy atom. The smallest absolute Gasteiger partial charge is 0.341 e. The lowest BCUT2D eigenvalue weighted by Gasteiger charge is -2.37. The second-order valence-corrected chi connectivity index (χ2v) is 13.5. The quantitative estimate of drug-likeness (QED) is 0.176. The summed E-state index contributed by atoms with van der Waals surface area (Å²) in [5.41, 5.74) is -2.18. The van der Waals surface area contributed by atoms with Gasteiger partial charge in [-0.1, -0.05) is 62.2 Å². The topological polar surface area (TPSA) is 127 Å². The fourth-order valence-corrected chi connectivity index (χ4v) is 6.51. The minimum Gasteiger partial charge on any atom is -0.495 e. The summed E-state index contributed by atoms with van der Waals surface area (Å²) in [6.45, 7) is 8.35. The van der Waals surface area contributed by atoms with Crippen molar-refractivity contribution >= 4 is 46.7 Å². The maximum Gasteiger partial charge on any atom is 0.341 e. The second-order valence-electron chi connectivity index (χ2n) is 12.7. The molecule has 1 aliphatic heterocycles. The number of methoxy groups -OCH3 is 1. The van der Waals surface area contributed by atoms with Gasteiger partial charge >= 0.3 is 11.9 Å². The van der Waals surface area contributed by atoms with Crippen LogP contribution in [0.2, 0.25) is 10.0 Å². The van der Waals surface area contributed by atoms with Gasteiger partial charge < -0.3 is 24.8 Å². The van der Waals surface area contributed by atoms with Gasteiger partial charge in [0.2, 0.25) is 12.2 Å². The van der Waals surface area contributed by atoms with Crippen molar-refractivity contribution in [3.63, 3.8) is 0 Å².